The van der Waals surface area contributed by atoms with Crippen LogP contribution in [0, 0.1) is 0 Å². The third-order valence-corrected chi connectivity index (χ3v) is 3.97. The van der Waals surface area contributed by atoms with Gasteiger partial charge in [-0.2, -0.15) is 0 Å². The van der Waals surface area contributed by atoms with Gasteiger partial charge in [-0.1, -0.05) is 66.7 Å². The van der Waals surface area contributed by atoms with Crippen molar-refractivity contribution in [3.63, 3.8) is 0 Å². The van der Waals surface area contributed by atoms with Crippen LogP contribution < -0.4 is 5.32 Å². The van der Waals surface area contributed by atoms with Crippen molar-refractivity contribution >= 4 is 5.91 Å². The number of carbonyl (C=O) groups excluding carboxylic acids is 1. The third kappa shape index (κ3) is 4.29. The molecule has 120 valence electrons. The zero-order valence-electron chi connectivity index (χ0n) is 13.4. The molecule has 1 heterocycles. The summed E-state index contributed by atoms with van der Waals surface area (Å²) in [4.78, 5) is 17.1. The molecule has 1 aromatic heterocycles. The average Bonchev–Trinajstić information content (AvgIpc) is 2.66. The van der Waals surface area contributed by atoms with Crippen molar-refractivity contribution in [1.82, 2.24) is 10.3 Å². The highest BCUT2D eigenvalue weighted by Gasteiger charge is 2.21. The summed E-state index contributed by atoms with van der Waals surface area (Å²) in [6, 6.07) is 25.6. The molecule has 3 nitrogen and oxygen atoms in total. The molecule has 3 aromatic rings. The molecule has 1 unspecified atom stereocenters. The number of carbonyl (C=O) groups is 1. The van der Waals surface area contributed by atoms with Crippen LogP contribution in [0.2, 0.25) is 0 Å². The molecule has 0 aliphatic heterocycles. The molecule has 0 saturated heterocycles. The van der Waals surface area contributed by atoms with Gasteiger partial charge in [-0.15, -0.1) is 0 Å². The lowest BCUT2D eigenvalue weighted by Gasteiger charge is -2.17. The molecule has 0 aliphatic rings. The second-order valence-electron chi connectivity index (χ2n) is 5.69. The van der Waals surface area contributed by atoms with Gasteiger partial charge in [0.05, 0.1) is 5.92 Å². The molecular formula is C21H20N2O. The van der Waals surface area contributed by atoms with Gasteiger partial charge in [0.15, 0.2) is 0 Å². The second kappa shape index (κ2) is 8.06. The first-order valence-corrected chi connectivity index (χ1v) is 8.09. The van der Waals surface area contributed by atoms with Crippen molar-refractivity contribution in [3.8, 4) is 0 Å². The summed E-state index contributed by atoms with van der Waals surface area (Å²) in [7, 11) is 0. The van der Waals surface area contributed by atoms with Crippen LogP contribution >= 0.6 is 0 Å². The molecule has 3 rings (SSSR count). The van der Waals surface area contributed by atoms with E-state index in [-0.39, 0.29) is 11.8 Å². The quantitative estimate of drug-likeness (QED) is 0.753. The lowest BCUT2D eigenvalue weighted by Crippen LogP contribution is -2.30. The van der Waals surface area contributed by atoms with Gasteiger partial charge in [0.25, 0.3) is 0 Å². The summed E-state index contributed by atoms with van der Waals surface area (Å²) < 4.78 is 0. The van der Waals surface area contributed by atoms with Gasteiger partial charge in [0.2, 0.25) is 5.91 Å². The van der Waals surface area contributed by atoms with E-state index in [2.05, 4.69) is 10.3 Å². The predicted octanol–water partition coefficient (Wildman–Crippen LogP) is 3.72. The van der Waals surface area contributed by atoms with Crippen LogP contribution in [0.4, 0.5) is 0 Å². The number of rotatable bonds is 6. The third-order valence-electron chi connectivity index (χ3n) is 3.97. The summed E-state index contributed by atoms with van der Waals surface area (Å²) in [6.07, 6.45) is 2.35. The number of hydrogen-bond acceptors (Lipinski definition) is 2. The highest BCUT2D eigenvalue weighted by atomic mass is 16.1. The lowest BCUT2D eigenvalue weighted by atomic mass is 9.93. The van der Waals surface area contributed by atoms with Gasteiger partial charge in [-0.3, -0.25) is 9.78 Å². The zero-order chi connectivity index (χ0) is 16.6. The first kappa shape index (κ1) is 15.9. The molecule has 1 amide bonds. The second-order valence-corrected chi connectivity index (χ2v) is 5.69. The molecule has 0 saturated carbocycles. The Labute approximate surface area is 142 Å². The number of pyridine rings is 1. The smallest absolute Gasteiger partial charge is 0.228 e. The van der Waals surface area contributed by atoms with Crippen LogP contribution in [0.3, 0.4) is 0 Å². The van der Waals surface area contributed by atoms with E-state index in [0.717, 1.165) is 16.8 Å². The largest absolute Gasteiger partial charge is 0.351 e. The van der Waals surface area contributed by atoms with Crippen LogP contribution in [-0.4, -0.2) is 10.9 Å². The van der Waals surface area contributed by atoms with Gasteiger partial charge in [-0.25, -0.2) is 0 Å². The van der Waals surface area contributed by atoms with E-state index in [4.69, 9.17) is 0 Å². The maximum Gasteiger partial charge on any atom is 0.228 e. The molecule has 0 fully saturated rings. The van der Waals surface area contributed by atoms with Gasteiger partial charge in [0.1, 0.15) is 0 Å². The minimum atomic E-state index is -0.246. The van der Waals surface area contributed by atoms with E-state index in [1.807, 2.05) is 78.9 Å². The van der Waals surface area contributed by atoms with E-state index < -0.39 is 0 Å². The summed E-state index contributed by atoms with van der Waals surface area (Å²) in [5, 5.41) is 3.05. The first-order valence-electron chi connectivity index (χ1n) is 8.09. The fourth-order valence-electron chi connectivity index (χ4n) is 2.68. The molecule has 0 aliphatic carbocycles. The molecule has 1 atom stereocenters. The topological polar surface area (TPSA) is 42.0 Å². The van der Waals surface area contributed by atoms with Crippen molar-refractivity contribution in [2.45, 2.75) is 18.9 Å². The Morgan fingerprint density at radius 1 is 0.875 bits per heavy atom. The Morgan fingerprint density at radius 3 is 2.21 bits per heavy atom. The normalized spacial score (nSPS) is 11.7. The van der Waals surface area contributed by atoms with Gasteiger partial charge in [0, 0.05) is 24.9 Å². The highest BCUT2D eigenvalue weighted by Crippen LogP contribution is 2.20. The molecule has 3 heteroatoms. The number of benzene rings is 2. The molecule has 0 bridgehead atoms. The minimum absolute atomic E-state index is 0.0238. The fraction of sp³-hybridized carbons (Fsp3) is 0.143. The number of nitrogens with one attached hydrogen (secondary N) is 1. The Hall–Kier alpha value is -2.94. The standard InChI is InChI=1S/C21H20N2O/c24-21(23-16-17-9-3-1-4-10-17)20(18-11-5-2-6-12-18)15-19-13-7-8-14-22-19/h1-14,20H,15-16H2,(H,23,24). The van der Waals surface area contributed by atoms with E-state index in [9.17, 15) is 4.79 Å². The van der Waals surface area contributed by atoms with E-state index in [1.165, 1.54) is 0 Å². The Bertz CT molecular complexity index is 758. The van der Waals surface area contributed by atoms with Gasteiger partial charge < -0.3 is 5.32 Å². The van der Waals surface area contributed by atoms with Gasteiger partial charge in [-0.05, 0) is 23.3 Å². The fourth-order valence-corrected chi connectivity index (χ4v) is 2.68. The molecule has 1 N–H and O–H groups in total. The van der Waals surface area contributed by atoms with E-state index in [0.29, 0.717) is 13.0 Å². The number of hydrogen-bond donors (Lipinski definition) is 1. The van der Waals surface area contributed by atoms with Crippen molar-refractivity contribution < 1.29 is 4.79 Å². The van der Waals surface area contributed by atoms with Gasteiger partial charge >= 0.3 is 0 Å². The minimum Gasteiger partial charge on any atom is -0.351 e. The predicted molar refractivity (Wildman–Crippen MR) is 95.4 cm³/mol. The first-order chi connectivity index (χ1) is 11.8. The maximum atomic E-state index is 12.8. The molecule has 0 spiro atoms. The average molecular weight is 316 g/mol. The summed E-state index contributed by atoms with van der Waals surface area (Å²) >= 11 is 0. The molecular weight excluding hydrogens is 296 g/mol. The van der Waals surface area contributed by atoms with E-state index >= 15 is 0 Å². The molecule has 2 aromatic carbocycles. The van der Waals surface area contributed by atoms with Crippen molar-refractivity contribution in [2.24, 2.45) is 0 Å². The highest BCUT2D eigenvalue weighted by molar-refractivity contribution is 5.83. The van der Waals surface area contributed by atoms with Crippen molar-refractivity contribution in [2.75, 3.05) is 0 Å². The summed E-state index contributed by atoms with van der Waals surface area (Å²) in [5.74, 6) is -0.222. The van der Waals surface area contributed by atoms with Crippen molar-refractivity contribution in [3.05, 3.63) is 102 Å². The van der Waals surface area contributed by atoms with E-state index in [1.54, 1.807) is 6.20 Å². The maximum absolute atomic E-state index is 12.8. The van der Waals surface area contributed by atoms with Crippen molar-refractivity contribution in [1.29, 1.82) is 0 Å². The zero-order valence-corrected chi connectivity index (χ0v) is 13.4. The summed E-state index contributed by atoms with van der Waals surface area (Å²) in [6.45, 7) is 0.533. The molecule has 24 heavy (non-hydrogen) atoms. The monoisotopic (exact) mass is 316 g/mol. The van der Waals surface area contributed by atoms with Crippen LogP contribution in [0.1, 0.15) is 22.7 Å². The van der Waals surface area contributed by atoms with Crippen LogP contribution in [0.5, 0.6) is 0 Å². The SMILES string of the molecule is O=C(NCc1ccccc1)C(Cc1ccccn1)c1ccccc1. The molecule has 0 radical (unpaired) electrons. The van der Waals surface area contributed by atoms with Crippen LogP contribution in [0.15, 0.2) is 85.1 Å². The lowest BCUT2D eigenvalue weighted by molar-refractivity contribution is -0.122. The van der Waals surface area contributed by atoms with Crippen LogP contribution in [0.25, 0.3) is 0 Å². The Morgan fingerprint density at radius 2 is 1.54 bits per heavy atom. The number of aromatic nitrogens is 1. The summed E-state index contributed by atoms with van der Waals surface area (Å²) in [5.41, 5.74) is 3.02. The number of nitrogens with zero attached hydrogens (tertiary/aromatic N) is 1. The van der Waals surface area contributed by atoms with Crippen LogP contribution in [-0.2, 0) is 17.8 Å². The Balaban J connectivity index is 1.75. The number of amides is 1. The Kier molecular flexibility index (Phi) is 5.36.